The molecule has 1 spiro atoms. The second-order valence-electron chi connectivity index (χ2n) is 26.0. The van der Waals surface area contributed by atoms with Crippen LogP contribution in [0.4, 0.5) is 5.69 Å². The summed E-state index contributed by atoms with van der Waals surface area (Å²) in [5.74, 6) is -0.285. The molecule has 9 fully saturated rings. The Morgan fingerprint density at radius 3 is 1.93 bits per heavy atom. The molecule has 76 heavy (non-hydrogen) atoms. The standard InChI is InChI=1S/C55H83NO20/c1-48(2)31-13-16-52(6)32(19-34-55(76-34)53(52,7)18-17-50(4)20-35(49(3,25-59)24-54(50,55)68)73-44(67)26-9-11-27(56-8)12-10-26)51(31,5)15-14-33(48)74-47-43(75-46-42(66)40(64)37(61)29(22-58)71-46)38(62)30(23-69-47)72-45-41(65)39(63)36(60)28(21-57)70-45/h9-12,25,28-43,45-47,56-58,60-66,68H,13-24H2,1-8H3/t28-,29-,30+,31-,32-,33+,34+,35+,36-,37-,38-,39-,40-,41-,42-,43-,45+,46-,47-,49-,50+,51-,52+,53+,54+,55+/m0/s1. The summed E-state index contributed by atoms with van der Waals surface area (Å²) in [5, 5.41) is 113. The number of anilines is 1. The van der Waals surface area contributed by atoms with Gasteiger partial charge in [0, 0.05) is 23.6 Å². The molecule has 0 radical (unpaired) electrons. The number of ether oxygens (including phenoxy) is 8. The molecular formula is C55H83NO20. The Hall–Kier alpha value is -2.52. The van der Waals surface area contributed by atoms with Gasteiger partial charge in [0.1, 0.15) is 90.7 Å². The minimum atomic E-state index is -1.85. The van der Waals surface area contributed by atoms with E-state index in [1.54, 1.807) is 38.2 Å². The summed E-state index contributed by atoms with van der Waals surface area (Å²) in [5.41, 5.74) is -4.70. The zero-order valence-corrected chi connectivity index (χ0v) is 44.9. The number of aliphatic hydroxyl groups excluding tert-OH is 9. The second kappa shape index (κ2) is 19.6. The van der Waals surface area contributed by atoms with Crippen LogP contribution >= 0.6 is 0 Å². The molecule has 11 N–H and O–H groups in total. The lowest BCUT2D eigenvalue weighted by Crippen LogP contribution is -2.78. The maximum absolute atomic E-state index is 13.6. The van der Waals surface area contributed by atoms with Crippen molar-refractivity contribution in [2.75, 3.05) is 32.2 Å². The van der Waals surface area contributed by atoms with E-state index in [2.05, 4.69) is 46.9 Å². The first-order chi connectivity index (χ1) is 35.7. The van der Waals surface area contributed by atoms with E-state index in [1.807, 2.05) is 0 Å². The highest BCUT2D eigenvalue weighted by Gasteiger charge is 2.89. The molecule has 0 bridgehead atoms. The molecule has 428 valence electrons. The van der Waals surface area contributed by atoms with Crippen molar-refractivity contribution in [2.45, 2.75) is 222 Å². The van der Waals surface area contributed by atoms with Crippen LogP contribution in [-0.2, 0) is 42.7 Å². The van der Waals surface area contributed by atoms with E-state index < -0.39 is 150 Å². The van der Waals surface area contributed by atoms with Crippen molar-refractivity contribution in [1.29, 1.82) is 0 Å². The largest absolute Gasteiger partial charge is 0.458 e. The van der Waals surface area contributed by atoms with E-state index in [0.717, 1.165) is 37.7 Å². The van der Waals surface area contributed by atoms with Crippen LogP contribution in [-0.4, -0.2) is 206 Å². The van der Waals surface area contributed by atoms with E-state index in [9.17, 15) is 60.7 Å². The SMILES string of the molecule is CNc1ccc(C(=O)O[C@@H]2C[C@@]3(C)CC[C@@]4(C)[C@@]5(O[C@@H]5C[C@H]5[C@@]6(C)CC[C@@H](O[C@@H]7OC[C@@H](O[C@H]8O[C@@H](CO)[C@H](O)[C@H](O)[C@@H]8O)[C@H](O)[C@@H]7O[C@@H]7O[C@@H](CO)[C@H](O)[C@H](O)[C@@H]7O)C(C)(C)[C@@H]6CC[C@]54C)[C@@]3(O)C[C@@]2(C)C=O)cc1. The van der Waals surface area contributed by atoms with Gasteiger partial charge >= 0.3 is 5.97 Å². The van der Waals surface area contributed by atoms with Crippen molar-refractivity contribution >= 4 is 17.9 Å². The molecule has 0 unspecified atom stereocenters. The number of carbonyl (C=O) groups excluding carboxylic acids is 2. The molecule has 1 aromatic carbocycles. The number of carbonyl (C=O) groups is 2. The Balaban J connectivity index is 0.883. The molecule has 0 amide bonds. The zero-order chi connectivity index (χ0) is 55.1. The van der Waals surface area contributed by atoms with Crippen LogP contribution in [0.3, 0.4) is 0 Å². The van der Waals surface area contributed by atoms with Gasteiger partial charge in [-0.05, 0) is 117 Å². The van der Waals surface area contributed by atoms with Gasteiger partial charge < -0.3 is 99.1 Å². The highest BCUT2D eigenvalue weighted by molar-refractivity contribution is 5.90. The Morgan fingerprint density at radius 1 is 0.724 bits per heavy atom. The number of hydrogen-bond acceptors (Lipinski definition) is 21. The number of rotatable bonds is 12. The summed E-state index contributed by atoms with van der Waals surface area (Å²) < 4.78 is 50.0. The topological polar surface area (TPSA) is 326 Å². The van der Waals surface area contributed by atoms with E-state index in [4.69, 9.17) is 37.9 Å². The van der Waals surface area contributed by atoms with E-state index in [-0.39, 0.29) is 41.8 Å². The first-order valence-corrected chi connectivity index (χ1v) is 27.4. The zero-order valence-electron chi connectivity index (χ0n) is 44.9. The Labute approximate surface area is 443 Å². The lowest BCUT2D eigenvalue weighted by Gasteiger charge is -2.74. The smallest absolute Gasteiger partial charge is 0.338 e. The number of benzene rings is 1. The molecule has 0 aromatic heterocycles. The van der Waals surface area contributed by atoms with E-state index >= 15 is 0 Å². The van der Waals surface area contributed by atoms with Crippen LogP contribution < -0.4 is 5.32 Å². The van der Waals surface area contributed by atoms with Gasteiger partial charge in [0.2, 0.25) is 0 Å². The van der Waals surface area contributed by atoms with Crippen LogP contribution in [0.15, 0.2) is 24.3 Å². The van der Waals surface area contributed by atoms with Crippen LogP contribution in [0, 0.1) is 44.3 Å². The van der Waals surface area contributed by atoms with Gasteiger partial charge in [-0.3, -0.25) is 0 Å². The molecule has 4 heterocycles. The lowest BCUT2D eigenvalue weighted by molar-refractivity contribution is -0.382. The number of epoxide rings is 1. The number of aldehydes is 1. The van der Waals surface area contributed by atoms with Crippen molar-refractivity contribution in [1.82, 2.24) is 0 Å². The van der Waals surface area contributed by atoms with Gasteiger partial charge in [-0.15, -0.1) is 0 Å². The molecule has 1 aromatic rings. The van der Waals surface area contributed by atoms with Crippen LogP contribution in [0.25, 0.3) is 0 Å². The predicted octanol–water partition coefficient (Wildman–Crippen LogP) is 0.663. The summed E-state index contributed by atoms with van der Waals surface area (Å²) in [7, 11) is 1.79. The highest BCUT2D eigenvalue weighted by atomic mass is 16.8. The number of fused-ring (bicyclic) bond motifs is 5. The molecular weight excluding hydrogens is 995 g/mol. The summed E-state index contributed by atoms with van der Waals surface area (Å²) in [4.78, 5) is 27.0. The predicted molar refractivity (Wildman–Crippen MR) is 265 cm³/mol. The van der Waals surface area contributed by atoms with Crippen molar-refractivity contribution in [3.8, 4) is 0 Å². The molecule has 4 saturated heterocycles. The normalized spacial score (nSPS) is 53.4. The van der Waals surface area contributed by atoms with Gasteiger partial charge in [-0.1, -0.05) is 41.5 Å². The van der Waals surface area contributed by atoms with E-state index in [1.165, 1.54) is 0 Å². The van der Waals surface area contributed by atoms with Crippen molar-refractivity contribution in [2.24, 2.45) is 44.3 Å². The van der Waals surface area contributed by atoms with Crippen molar-refractivity contribution in [3.63, 3.8) is 0 Å². The monoisotopic (exact) mass is 1080 g/mol. The fraction of sp³-hybridized carbons (Fsp3) is 0.855. The van der Waals surface area contributed by atoms with Gasteiger partial charge in [0.25, 0.3) is 0 Å². The van der Waals surface area contributed by atoms with Crippen LogP contribution in [0.2, 0.25) is 0 Å². The van der Waals surface area contributed by atoms with Crippen LogP contribution in [0.5, 0.6) is 0 Å². The number of esters is 1. The fourth-order valence-corrected chi connectivity index (χ4v) is 17.1. The van der Waals surface area contributed by atoms with Gasteiger partial charge in [-0.25, -0.2) is 4.79 Å². The van der Waals surface area contributed by atoms with E-state index in [0.29, 0.717) is 31.2 Å². The minimum Gasteiger partial charge on any atom is -0.458 e. The lowest BCUT2D eigenvalue weighted by atomic mass is 9.30. The maximum Gasteiger partial charge on any atom is 0.338 e. The Kier molecular flexibility index (Phi) is 14.6. The first-order valence-electron chi connectivity index (χ1n) is 27.4. The Bertz CT molecular complexity index is 2310. The summed E-state index contributed by atoms with van der Waals surface area (Å²) in [6.07, 6.45) is -17.9. The van der Waals surface area contributed by atoms with Gasteiger partial charge in [0.05, 0.1) is 43.0 Å². The summed E-state index contributed by atoms with van der Waals surface area (Å²) in [6.45, 7) is 13.4. The highest BCUT2D eigenvalue weighted by Crippen LogP contribution is 2.84. The number of aliphatic hydroxyl groups is 10. The minimum absolute atomic E-state index is 0.0784. The molecule has 4 aliphatic heterocycles. The molecule has 5 aliphatic carbocycles. The number of hydrogen-bond donors (Lipinski definition) is 11. The van der Waals surface area contributed by atoms with Crippen molar-refractivity contribution in [3.05, 3.63) is 29.8 Å². The van der Waals surface area contributed by atoms with Gasteiger partial charge in [0.15, 0.2) is 18.9 Å². The average Bonchev–Trinajstić information content (AvgIpc) is 4.15. The average molecular weight is 1080 g/mol. The molecule has 10 rings (SSSR count). The van der Waals surface area contributed by atoms with Gasteiger partial charge in [-0.2, -0.15) is 0 Å². The third-order valence-electron chi connectivity index (χ3n) is 22.0. The fourth-order valence-electron chi connectivity index (χ4n) is 17.1. The van der Waals surface area contributed by atoms with Crippen LogP contribution in [0.1, 0.15) is 117 Å². The molecule has 9 aliphatic rings. The Morgan fingerprint density at radius 2 is 1.34 bits per heavy atom. The maximum atomic E-state index is 13.6. The molecule has 21 nitrogen and oxygen atoms in total. The summed E-state index contributed by atoms with van der Waals surface area (Å²) in [6, 6.07) is 6.98. The quantitative estimate of drug-likeness (QED) is 0.0593. The third-order valence-corrected chi connectivity index (χ3v) is 22.0. The number of nitrogens with one attached hydrogen (secondary N) is 1. The molecule has 21 heteroatoms. The molecule has 26 atom stereocenters. The second-order valence-corrected chi connectivity index (χ2v) is 26.0. The summed E-state index contributed by atoms with van der Waals surface area (Å²) >= 11 is 0. The third kappa shape index (κ3) is 8.17. The molecule has 5 saturated carbocycles. The van der Waals surface area contributed by atoms with Crippen molar-refractivity contribution < 1.29 is 98.5 Å². The first kappa shape index (κ1) is 56.7.